The molecular formula is C21H26N4O6S. The molecule has 2 amide bonds. The molecule has 2 N–H and O–H groups in total. The maximum atomic E-state index is 12.9. The lowest BCUT2D eigenvalue weighted by atomic mass is 10.2. The molecule has 1 aliphatic heterocycles. The van der Waals surface area contributed by atoms with E-state index in [4.69, 9.17) is 9.47 Å². The quantitative estimate of drug-likeness (QED) is 0.557. The van der Waals surface area contributed by atoms with E-state index in [0.29, 0.717) is 19.8 Å². The average molecular weight is 463 g/mol. The summed E-state index contributed by atoms with van der Waals surface area (Å²) in [6.07, 6.45) is 3.36. The largest absolute Gasteiger partial charge is 0.496 e. The molecule has 1 aromatic carbocycles. The molecule has 0 saturated carbocycles. The number of pyridine rings is 1. The molecule has 0 unspecified atom stereocenters. The highest BCUT2D eigenvalue weighted by Gasteiger charge is 2.28. The van der Waals surface area contributed by atoms with Crippen LogP contribution in [0.1, 0.15) is 22.3 Å². The van der Waals surface area contributed by atoms with Gasteiger partial charge in [0.05, 0.1) is 30.8 Å². The van der Waals surface area contributed by atoms with Crippen LogP contribution >= 0.6 is 0 Å². The molecule has 32 heavy (non-hydrogen) atoms. The smallest absolute Gasteiger partial charge is 0.255 e. The van der Waals surface area contributed by atoms with Crippen LogP contribution in [0.4, 0.5) is 0 Å². The van der Waals surface area contributed by atoms with E-state index in [2.05, 4.69) is 15.6 Å². The minimum atomic E-state index is -3.76. The third-order valence-electron chi connectivity index (χ3n) is 4.90. The third-order valence-corrected chi connectivity index (χ3v) is 6.79. The van der Waals surface area contributed by atoms with Crippen LogP contribution in [0.5, 0.6) is 5.75 Å². The maximum Gasteiger partial charge on any atom is 0.255 e. The summed E-state index contributed by atoms with van der Waals surface area (Å²) in [4.78, 5) is 28.6. The number of ether oxygens (including phenoxy) is 2. The molecule has 2 aromatic rings. The fraction of sp³-hybridized carbons (Fsp3) is 0.381. The van der Waals surface area contributed by atoms with E-state index in [-0.39, 0.29) is 48.2 Å². The predicted molar refractivity (Wildman–Crippen MR) is 116 cm³/mol. The summed E-state index contributed by atoms with van der Waals surface area (Å²) in [7, 11) is -2.36. The van der Waals surface area contributed by atoms with Gasteiger partial charge in [0, 0.05) is 45.0 Å². The number of aromatic nitrogens is 1. The normalized spacial score (nSPS) is 14.5. The first-order valence-corrected chi connectivity index (χ1v) is 11.6. The van der Waals surface area contributed by atoms with Crippen LogP contribution in [0.25, 0.3) is 0 Å². The number of carbonyl (C=O) groups is 2. The molecule has 1 aliphatic rings. The summed E-state index contributed by atoms with van der Waals surface area (Å²) in [6.45, 7) is 1.61. The van der Waals surface area contributed by atoms with Crippen LogP contribution in [0, 0.1) is 0 Å². The van der Waals surface area contributed by atoms with Gasteiger partial charge in [-0.3, -0.25) is 14.6 Å². The van der Waals surface area contributed by atoms with E-state index < -0.39 is 15.9 Å². The predicted octanol–water partition coefficient (Wildman–Crippen LogP) is 0.547. The van der Waals surface area contributed by atoms with Gasteiger partial charge in [0.2, 0.25) is 15.9 Å². The summed E-state index contributed by atoms with van der Waals surface area (Å²) in [5.74, 6) is -0.508. The molecule has 0 aliphatic carbocycles. The summed E-state index contributed by atoms with van der Waals surface area (Å²) >= 11 is 0. The molecule has 1 fully saturated rings. The first-order chi connectivity index (χ1) is 15.4. The van der Waals surface area contributed by atoms with Crippen LogP contribution in [-0.2, 0) is 26.1 Å². The van der Waals surface area contributed by atoms with Crippen molar-refractivity contribution in [2.75, 3.05) is 40.0 Å². The number of nitrogens with zero attached hydrogens (tertiary/aromatic N) is 2. The Hall–Kier alpha value is -3.02. The molecule has 172 valence electrons. The lowest BCUT2D eigenvalue weighted by Gasteiger charge is -2.26. The molecule has 11 heteroatoms. The van der Waals surface area contributed by atoms with Crippen LogP contribution in [0.3, 0.4) is 0 Å². The Morgan fingerprint density at radius 3 is 2.53 bits per heavy atom. The Balaban J connectivity index is 1.60. The highest BCUT2D eigenvalue weighted by Crippen LogP contribution is 2.25. The van der Waals surface area contributed by atoms with E-state index >= 15 is 0 Å². The molecule has 1 saturated heterocycles. The first kappa shape index (κ1) is 23.6. The standard InChI is InChI=1S/C21H26N4O6S/c1-30-19-3-2-17(32(28,29)25-10-12-31-13-11-25)14-18(19)21(27)23-9-6-20(26)24-15-16-4-7-22-8-5-16/h2-5,7-8,14H,6,9-13,15H2,1H3,(H,23,27)(H,24,26). The van der Waals surface area contributed by atoms with E-state index in [9.17, 15) is 18.0 Å². The van der Waals surface area contributed by atoms with Crippen molar-refractivity contribution in [3.63, 3.8) is 0 Å². The van der Waals surface area contributed by atoms with Gasteiger partial charge in [-0.25, -0.2) is 8.42 Å². The molecule has 0 bridgehead atoms. The average Bonchev–Trinajstić information content (AvgIpc) is 2.83. The van der Waals surface area contributed by atoms with Gasteiger partial charge in [-0.05, 0) is 35.9 Å². The first-order valence-electron chi connectivity index (χ1n) is 10.1. The van der Waals surface area contributed by atoms with Gasteiger partial charge in [0.1, 0.15) is 5.75 Å². The van der Waals surface area contributed by atoms with E-state index in [0.717, 1.165) is 5.56 Å². The van der Waals surface area contributed by atoms with Crippen molar-refractivity contribution >= 4 is 21.8 Å². The number of hydrogen-bond donors (Lipinski definition) is 2. The summed E-state index contributed by atoms with van der Waals surface area (Å²) in [6, 6.07) is 7.75. The van der Waals surface area contributed by atoms with Gasteiger partial charge in [-0.2, -0.15) is 4.31 Å². The van der Waals surface area contributed by atoms with Gasteiger partial charge in [-0.15, -0.1) is 0 Å². The SMILES string of the molecule is COc1ccc(S(=O)(=O)N2CCOCC2)cc1C(=O)NCCC(=O)NCc1ccncc1. The number of amides is 2. The summed E-state index contributed by atoms with van der Waals surface area (Å²) < 4.78 is 37.5. The Labute approximate surface area is 187 Å². The van der Waals surface area contributed by atoms with Gasteiger partial charge >= 0.3 is 0 Å². The van der Waals surface area contributed by atoms with Crippen LogP contribution < -0.4 is 15.4 Å². The Morgan fingerprint density at radius 1 is 1.12 bits per heavy atom. The minimum absolute atomic E-state index is 0.000411. The van der Waals surface area contributed by atoms with Crippen molar-refractivity contribution in [2.24, 2.45) is 0 Å². The topological polar surface area (TPSA) is 127 Å². The molecular weight excluding hydrogens is 436 g/mol. The second kappa shape index (κ2) is 11.0. The minimum Gasteiger partial charge on any atom is -0.496 e. The lowest BCUT2D eigenvalue weighted by Crippen LogP contribution is -2.40. The van der Waals surface area contributed by atoms with Crippen molar-refractivity contribution in [1.29, 1.82) is 0 Å². The fourth-order valence-electron chi connectivity index (χ4n) is 3.14. The zero-order valence-electron chi connectivity index (χ0n) is 17.7. The summed E-state index contributed by atoms with van der Waals surface area (Å²) in [5.41, 5.74) is 0.999. The van der Waals surface area contributed by atoms with Crippen LogP contribution in [0.2, 0.25) is 0 Å². The summed E-state index contributed by atoms with van der Waals surface area (Å²) in [5, 5.41) is 5.41. The zero-order chi connectivity index (χ0) is 23.0. The number of rotatable bonds is 9. The van der Waals surface area contributed by atoms with E-state index in [1.54, 1.807) is 24.5 Å². The van der Waals surface area contributed by atoms with Gasteiger partial charge < -0.3 is 20.1 Å². The number of morpholine rings is 1. The lowest BCUT2D eigenvalue weighted by molar-refractivity contribution is -0.121. The Bertz CT molecular complexity index is 1040. The number of benzene rings is 1. The van der Waals surface area contributed by atoms with Gasteiger partial charge in [0.15, 0.2) is 0 Å². The fourth-order valence-corrected chi connectivity index (χ4v) is 4.57. The number of methoxy groups -OCH3 is 1. The van der Waals surface area contributed by atoms with Crippen molar-refractivity contribution < 1.29 is 27.5 Å². The Kier molecular flexibility index (Phi) is 8.14. The molecule has 0 spiro atoms. The molecule has 1 aromatic heterocycles. The highest BCUT2D eigenvalue weighted by atomic mass is 32.2. The molecule has 0 radical (unpaired) electrons. The maximum absolute atomic E-state index is 12.9. The van der Waals surface area contributed by atoms with Crippen molar-refractivity contribution in [3.8, 4) is 5.75 Å². The van der Waals surface area contributed by atoms with Gasteiger partial charge in [-0.1, -0.05) is 0 Å². The third kappa shape index (κ3) is 6.02. The second-order valence-corrected chi connectivity index (χ2v) is 8.95. The number of hydrogen-bond acceptors (Lipinski definition) is 7. The molecule has 10 nitrogen and oxygen atoms in total. The van der Waals surface area contributed by atoms with E-state index in [1.165, 1.54) is 29.6 Å². The Morgan fingerprint density at radius 2 is 1.84 bits per heavy atom. The molecule has 2 heterocycles. The van der Waals surface area contributed by atoms with E-state index in [1.807, 2.05) is 0 Å². The molecule has 0 atom stereocenters. The molecule has 3 rings (SSSR count). The van der Waals surface area contributed by atoms with Crippen LogP contribution in [0.15, 0.2) is 47.6 Å². The zero-order valence-corrected chi connectivity index (χ0v) is 18.6. The second-order valence-electron chi connectivity index (χ2n) is 7.02. The highest BCUT2D eigenvalue weighted by molar-refractivity contribution is 7.89. The van der Waals surface area contributed by atoms with Gasteiger partial charge in [0.25, 0.3) is 5.91 Å². The number of nitrogens with one attached hydrogen (secondary N) is 2. The van der Waals surface area contributed by atoms with Crippen molar-refractivity contribution in [2.45, 2.75) is 17.9 Å². The van der Waals surface area contributed by atoms with Crippen molar-refractivity contribution in [1.82, 2.24) is 19.9 Å². The van der Waals surface area contributed by atoms with Crippen LogP contribution in [-0.4, -0.2) is 69.5 Å². The monoisotopic (exact) mass is 462 g/mol. The number of sulfonamides is 1. The van der Waals surface area contributed by atoms with Crippen molar-refractivity contribution in [3.05, 3.63) is 53.9 Å². The number of carbonyl (C=O) groups excluding carboxylic acids is 2.